The first kappa shape index (κ1) is 17.1. The van der Waals surface area contributed by atoms with Crippen LogP contribution in [0.25, 0.3) is 5.82 Å². The number of nitrogens with one attached hydrogen (secondary N) is 2. The Morgan fingerprint density at radius 2 is 2.08 bits per heavy atom. The van der Waals surface area contributed by atoms with Crippen LogP contribution in [0.1, 0.15) is 16.2 Å². The number of aromatic nitrogens is 4. The van der Waals surface area contributed by atoms with E-state index >= 15 is 0 Å². The minimum absolute atomic E-state index is 0.112. The van der Waals surface area contributed by atoms with Crippen molar-refractivity contribution in [2.24, 2.45) is 0 Å². The number of halogens is 1. The van der Waals surface area contributed by atoms with Crippen LogP contribution >= 0.6 is 15.9 Å². The lowest BCUT2D eigenvalue weighted by atomic mass is 10.2. The summed E-state index contributed by atoms with van der Waals surface area (Å²) < 4.78 is 2.55. The number of benzene rings is 1. The van der Waals surface area contributed by atoms with Crippen molar-refractivity contribution in [2.45, 2.75) is 6.92 Å². The van der Waals surface area contributed by atoms with Crippen LogP contribution < -0.4 is 10.6 Å². The predicted octanol–water partition coefficient (Wildman–Crippen LogP) is 2.58. The maximum absolute atomic E-state index is 12.1. The average Bonchev–Trinajstić information content (AvgIpc) is 3.13. The second-order valence-electron chi connectivity index (χ2n) is 5.30. The van der Waals surface area contributed by atoms with E-state index in [1.807, 2.05) is 37.4 Å². The third-order valence-electron chi connectivity index (χ3n) is 3.37. The van der Waals surface area contributed by atoms with Gasteiger partial charge in [0, 0.05) is 41.6 Å². The molecule has 8 heteroatoms. The molecule has 1 aromatic carbocycles. The third kappa shape index (κ3) is 4.63. The molecule has 1 amide bonds. The van der Waals surface area contributed by atoms with Crippen molar-refractivity contribution in [1.29, 1.82) is 0 Å². The number of rotatable bonds is 6. The first-order valence-electron chi connectivity index (χ1n) is 7.75. The first-order chi connectivity index (χ1) is 12.1. The molecule has 0 fully saturated rings. The van der Waals surface area contributed by atoms with E-state index in [1.54, 1.807) is 23.0 Å². The van der Waals surface area contributed by atoms with Gasteiger partial charge in [-0.3, -0.25) is 4.79 Å². The molecular weight excluding hydrogens is 384 g/mol. The van der Waals surface area contributed by atoms with E-state index in [2.05, 4.69) is 41.6 Å². The Morgan fingerprint density at radius 3 is 2.84 bits per heavy atom. The van der Waals surface area contributed by atoms with Crippen LogP contribution in [0.15, 0.2) is 53.3 Å². The molecule has 2 N–H and O–H groups in total. The van der Waals surface area contributed by atoms with Gasteiger partial charge in [-0.25, -0.2) is 14.6 Å². The number of hydrogen-bond donors (Lipinski definition) is 2. The summed E-state index contributed by atoms with van der Waals surface area (Å²) in [6.07, 6.45) is 3.52. The minimum Gasteiger partial charge on any atom is -0.368 e. The van der Waals surface area contributed by atoms with E-state index in [0.29, 0.717) is 36.1 Å². The third-order valence-corrected chi connectivity index (χ3v) is 3.86. The van der Waals surface area contributed by atoms with E-state index in [1.165, 1.54) is 0 Å². The van der Waals surface area contributed by atoms with Gasteiger partial charge in [-0.1, -0.05) is 22.0 Å². The van der Waals surface area contributed by atoms with Gasteiger partial charge in [-0.2, -0.15) is 5.10 Å². The summed E-state index contributed by atoms with van der Waals surface area (Å²) in [6, 6.07) is 10.9. The van der Waals surface area contributed by atoms with Crippen LogP contribution in [0, 0.1) is 6.92 Å². The predicted molar refractivity (Wildman–Crippen MR) is 98.9 cm³/mol. The van der Waals surface area contributed by atoms with Crippen molar-refractivity contribution in [3.8, 4) is 5.82 Å². The van der Waals surface area contributed by atoms with Gasteiger partial charge < -0.3 is 10.6 Å². The lowest BCUT2D eigenvalue weighted by Gasteiger charge is -2.10. The molecule has 25 heavy (non-hydrogen) atoms. The quantitative estimate of drug-likeness (QED) is 0.621. The Bertz CT molecular complexity index is 865. The van der Waals surface area contributed by atoms with Gasteiger partial charge in [-0.15, -0.1) is 0 Å². The van der Waals surface area contributed by atoms with Crippen LogP contribution in [-0.2, 0) is 0 Å². The average molecular weight is 401 g/mol. The van der Waals surface area contributed by atoms with Crippen molar-refractivity contribution < 1.29 is 4.79 Å². The summed E-state index contributed by atoms with van der Waals surface area (Å²) in [7, 11) is 0. The van der Waals surface area contributed by atoms with Gasteiger partial charge in [0.15, 0.2) is 5.82 Å². The SMILES string of the molecule is Cc1nc(NCCNC(=O)c2cccc(Br)c2)cc(-n2cccn2)n1. The molecule has 2 heterocycles. The Balaban J connectivity index is 1.55. The Hall–Kier alpha value is -2.74. The summed E-state index contributed by atoms with van der Waals surface area (Å²) >= 11 is 3.36. The lowest BCUT2D eigenvalue weighted by Crippen LogP contribution is -2.29. The van der Waals surface area contributed by atoms with Gasteiger partial charge in [0.05, 0.1) is 0 Å². The highest BCUT2D eigenvalue weighted by Gasteiger charge is 2.06. The molecule has 3 rings (SSSR count). The number of anilines is 1. The molecular formula is C17H17BrN6O. The zero-order chi connectivity index (χ0) is 17.6. The minimum atomic E-state index is -0.112. The number of nitrogens with zero attached hydrogens (tertiary/aromatic N) is 4. The van der Waals surface area contributed by atoms with Crippen LogP contribution in [0.3, 0.4) is 0 Å². The number of amides is 1. The summed E-state index contributed by atoms with van der Waals surface area (Å²) in [5, 5.41) is 10.2. The van der Waals surface area contributed by atoms with Gasteiger partial charge in [0.1, 0.15) is 11.6 Å². The molecule has 0 bridgehead atoms. The second-order valence-corrected chi connectivity index (χ2v) is 6.22. The Kier molecular flexibility index (Phi) is 5.39. The molecule has 0 saturated carbocycles. The molecule has 3 aromatic rings. The Labute approximate surface area is 153 Å². The number of hydrogen-bond acceptors (Lipinski definition) is 5. The zero-order valence-corrected chi connectivity index (χ0v) is 15.2. The second kappa shape index (κ2) is 7.89. The van der Waals surface area contributed by atoms with Crippen LogP contribution in [0.4, 0.5) is 5.82 Å². The van der Waals surface area contributed by atoms with Gasteiger partial charge in [0.2, 0.25) is 0 Å². The fraction of sp³-hybridized carbons (Fsp3) is 0.176. The molecule has 0 aliphatic rings. The van der Waals surface area contributed by atoms with Crippen LogP contribution in [-0.4, -0.2) is 38.7 Å². The van der Waals surface area contributed by atoms with E-state index in [0.717, 1.165) is 4.47 Å². The normalized spacial score (nSPS) is 10.5. The smallest absolute Gasteiger partial charge is 0.251 e. The maximum Gasteiger partial charge on any atom is 0.251 e. The highest BCUT2D eigenvalue weighted by Crippen LogP contribution is 2.12. The lowest BCUT2D eigenvalue weighted by molar-refractivity contribution is 0.0955. The fourth-order valence-electron chi connectivity index (χ4n) is 2.26. The standard InChI is InChI=1S/C17H17BrN6O/c1-12-22-15(11-16(23-12)24-9-3-6-21-24)19-7-8-20-17(25)13-4-2-5-14(18)10-13/h2-6,9-11H,7-8H2,1H3,(H,20,25)(H,19,22,23). The molecule has 0 spiro atoms. The largest absolute Gasteiger partial charge is 0.368 e. The van der Waals surface area contributed by atoms with Gasteiger partial charge >= 0.3 is 0 Å². The van der Waals surface area contributed by atoms with Crippen LogP contribution in [0.2, 0.25) is 0 Å². The monoisotopic (exact) mass is 400 g/mol. The van der Waals surface area contributed by atoms with Gasteiger partial charge in [0.25, 0.3) is 5.91 Å². The van der Waals surface area contributed by atoms with E-state index in [9.17, 15) is 4.79 Å². The molecule has 128 valence electrons. The topological polar surface area (TPSA) is 84.7 Å². The van der Waals surface area contributed by atoms with Gasteiger partial charge in [-0.05, 0) is 31.2 Å². The summed E-state index contributed by atoms with van der Waals surface area (Å²) in [6.45, 7) is 2.85. The van der Waals surface area contributed by atoms with E-state index in [4.69, 9.17) is 0 Å². The number of carbonyl (C=O) groups excluding carboxylic acids is 1. The molecule has 0 unspecified atom stereocenters. The number of aryl methyl sites for hydroxylation is 1. The molecule has 0 atom stereocenters. The summed E-state index contributed by atoms with van der Waals surface area (Å²) in [5.74, 6) is 1.92. The number of carbonyl (C=O) groups is 1. The van der Waals surface area contributed by atoms with Crippen molar-refractivity contribution in [3.05, 3.63) is 64.7 Å². The van der Waals surface area contributed by atoms with Crippen LogP contribution in [0.5, 0.6) is 0 Å². The first-order valence-corrected chi connectivity index (χ1v) is 8.54. The Morgan fingerprint density at radius 1 is 1.20 bits per heavy atom. The summed E-state index contributed by atoms with van der Waals surface area (Å²) in [4.78, 5) is 20.8. The van der Waals surface area contributed by atoms with Crippen molar-refractivity contribution in [3.63, 3.8) is 0 Å². The molecule has 0 radical (unpaired) electrons. The molecule has 0 aliphatic heterocycles. The highest BCUT2D eigenvalue weighted by molar-refractivity contribution is 9.10. The zero-order valence-electron chi connectivity index (χ0n) is 13.6. The molecule has 0 saturated heterocycles. The molecule has 0 aliphatic carbocycles. The van der Waals surface area contributed by atoms with Crippen molar-refractivity contribution in [2.75, 3.05) is 18.4 Å². The maximum atomic E-state index is 12.1. The molecule has 2 aromatic heterocycles. The highest BCUT2D eigenvalue weighted by atomic mass is 79.9. The summed E-state index contributed by atoms with van der Waals surface area (Å²) in [5.41, 5.74) is 0.619. The van der Waals surface area contributed by atoms with Crippen molar-refractivity contribution in [1.82, 2.24) is 25.1 Å². The van der Waals surface area contributed by atoms with E-state index < -0.39 is 0 Å². The van der Waals surface area contributed by atoms with Crippen molar-refractivity contribution >= 4 is 27.7 Å². The molecule has 7 nitrogen and oxygen atoms in total. The van der Waals surface area contributed by atoms with E-state index in [-0.39, 0.29) is 5.91 Å². The fourth-order valence-corrected chi connectivity index (χ4v) is 2.66.